The Morgan fingerprint density at radius 2 is 1.95 bits per heavy atom. The zero-order valence-corrected chi connectivity index (χ0v) is 11.3. The summed E-state index contributed by atoms with van der Waals surface area (Å²) in [7, 11) is 0. The second-order valence-corrected chi connectivity index (χ2v) is 4.08. The van der Waals surface area contributed by atoms with Crippen molar-refractivity contribution in [3.63, 3.8) is 0 Å². The molecule has 0 radical (unpaired) electrons. The van der Waals surface area contributed by atoms with Crippen LogP contribution in [-0.4, -0.2) is 42.6 Å². The minimum Gasteiger partial charge on any atom is -0.462 e. The highest BCUT2D eigenvalue weighted by Crippen LogP contribution is 2.17. The molecular formula is C12H15NO7. The Morgan fingerprint density at radius 1 is 1.30 bits per heavy atom. The van der Waals surface area contributed by atoms with Crippen molar-refractivity contribution in [2.24, 2.45) is 0 Å². The Kier molecular flexibility index (Phi) is 5.24. The number of hydrogen-bond donors (Lipinski definition) is 1. The van der Waals surface area contributed by atoms with Gasteiger partial charge in [0, 0.05) is 20.8 Å². The molecule has 1 aliphatic rings. The summed E-state index contributed by atoms with van der Waals surface area (Å²) < 4.78 is 14.6. The average Bonchev–Trinajstić information content (AvgIpc) is 2.64. The molecule has 1 amide bonds. The maximum atomic E-state index is 11.5. The lowest BCUT2D eigenvalue weighted by molar-refractivity contribution is -0.166. The van der Waals surface area contributed by atoms with E-state index in [4.69, 9.17) is 14.2 Å². The van der Waals surface area contributed by atoms with Crippen molar-refractivity contribution in [3.8, 4) is 0 Å². The number of carbonyl (C=O) groups is 4. The number of amides is 1. The van der Waals surface area contributed by atoms with E-state index in [1.807, 2.05) is 0 Å². The molecule has 1 aliphatic heterocycles. The van der Waals surface area contributed by atoms with Gasteiger partial charge in [-0.15, -0.1) is 0 Å². The molecule has 0 aliphatic carbocycles. The highest BCUT2D eigenvalue weighted by Gasteiger charge is 2.35. The quantitative estimate of drug-likeness (QED) is 0.532. The molecule has 1 heterocycles. The van der Waals surface area contributed by atoms with E-state index in [0.717, 1.165) is 0 Å². The third kappa shape index (κ3) is 4.71. The van der Waals surface area contributed by atoms with Crippen LogP contribution in [0.25, 0.3) is 0 Å². The number of hydrogen-bond acceptors (Lipinski definition) is 7. The van der Waals surface area contributed by atoms with Crippen LogP contribution in [0.15, 0.2) is 11.8 Å². The molecule has 20 heavy (non-hydrogen) atoms. The molecule has 0 aromatic carbocycles. The van der Waals surface area contributed by atoms with Crippen LogP contribution in [0.4, 0.5) is 0 Å². The highest BCUT2D eigenvalue weighted by molar-refractivity contribution is 5.95. The van der Waals surface area contributed by atoms with Gasteiger partial charge < -0.3 is 19.5 Å². The van der Waals surface area contributed by atoms with Crippen molar-refractivity contribution >= 4 is 23.8 Å². The van der Waals surface area contributed by atoms with Crippen LogP contribution in [0.1, 0.15) is 20.8 Å². The first-order valence-corrected chi connectivity index (χ1v) is 5.80. The van der Waals surface area contributed by atoms with Crippen molar-refractivity contribution in [3.05, 3.63) is 11.8 Å². The molecule has 2 atom stereocenters. The third-order valence-electron chi connectivity index (χ3n) is 2.24. The highest BCUT2D eigenvalue weighted by atomic mass is 16.6. The van der Waals surface area contributed by atoms with Crippen LogP contribution in [0.3, 0.4) is 0 Å². The van der Waals surface area contributed by atoms with Gasteiger partial charge in [0.25, 0.3) is 0 Å². The van der Waals surface area contributed by atoms with Crippen molar-refractivity contribution in [2.75, 3.05) is 6.61 Å². The molecule has 8 heteroatoms. The van der Waals surface area contributed by atoms with E-state index in [1.54, 1.807) is 0 Å². The van der Waals surface area contributed by atoms with E-state index in [1.165, 1.54) is 26.8 Å². The van der Waals surface area contributed by atoms with Crippen LogP contribution >= 0.6 is 0 Å². The lowest BCUT2D eigenvalue weighted by atomic mass is 10.2. The van der Waals surface area contributed by atoms with E-state index < -0.39 is 36.0 Å². The number of ether oxygens (including phenoxy) is 3. The molecule has 0 unspecified atom stereocenters. The van der Waals surface area contributed by atoms with Crippen LogP contribution in [0.5, 0.6) is 0 Å². The second kappa shape index (κ2) is 6.69. The first-order chi connectivity index (χ1) is 9.29. The Labute approximate surface area is 115 Å². The summed E-state index contributed by atoms with van der Waals surface area (Å²) in [6.07, 6.45) is -0.583. The Hall–Kier alpha value is -2.38. The van der Waals surface area contributed by atoms with Gasteiger partial charge in [0.2, 0.25) is 5.91 Å². The molecule has 0 bridgehead atoms. The lowest BCUT2D eigenvalue weighted by Crippen LogP contribution is -2.35. The predicted molar refractivity (Wildman–Crippen MR) is 64.0 cm³/mol. The smallest absolute Gasteiger partial charge is 0.355 e. The largest absolute Gasteiger partial charge is 0.462 e. The molecule has 0 fully saturated rings. The summed E-state index contributed by atoms with van der Waals surface area (Å²) in [6.45, 7) is 3.36. The number of nitrogens with one attached hydrogen (secondary N) is 1. The van der Waals surface area contributed by atoms with E-state index in [9.17, 15) is 19.2 Å². The zero-order chi connectivity index (χ0) is 15.3. The molecule has 110 valence electrons. The molecular weight excluding hydrogens is 270 g/mol. The summed E-state index contributed by atoms with van der Waals surface area (Å²) in [5.41, 5.74) is -0.0394. The van der Waals surface area contributed by atoms with Crippen molar-refractivity contribution in [2.45, 2.75) is 33.0 Å². The molecule has 1 N–H and O–H groups in total. The normalized spacial score (nSPS) is 18.6. The Balaban J connectivity index is 2.78. The summed E-state index contributed by atoms with van der Waals surface area (Å²) in [6, 6.07) is 0. The summed E-state index contributed by atoms with van der Waals surface area (Å²) in [4.78, 5) is 44.2. The first-order valence-electron chi connectivity index (χ1n) is 5.80. The summed E-state index contributed by atoms with van der Waals surface area (Å²) in [5, 5.41) is 2.29. The van der Waals surface area contributed by atoms with Gasteiger partial charge >= 0.3 is 17.9 Å². The fraction of sp³-hybridized carbons (Fsp3) is 0.500. The van der Waals surface area contributed by atoms with Crippen LogP contribution in [0.2, 0.25) is 0 Å². The number of cyclic esters (lactones) is 1. The van der Waals surface area contributed by atoms with Gasteiger partial charge in [-0.25, -0.2) is 4.79 Å². The molecule has 8 nitrogen and oxygen atoms in total. The van der Waals surface area contributed by atoms with Gasteiger partial charge in [0.1, 0.15) is 12.3 Å². The Morgan fingerprint density at radius 3 is 2.45 bits per heavy atom. The van der Waals surface area contributed by atoms with Crippen LogP contribution in [0, 0.1) is 0 Å². The van der Waals surface area contributed by atoms with E-state index in [-0.39, 0.29) is 12.3 Å². The van der Waals surface area contributed by atoms with Crippen molar-refractivity contribution in [1.82, 2.24) is 5.32 Å². The number of carbonyl (C=O) groups excluding carboxylic acids is 4. The van der Waals surface area contributed by atoms with Crippen molar-refractivity contribution < 1.29 is 33.4 Å². The minimum atomic E-state index is -0.966. The fourth-order valence-corrected chi connectivity index (χ4v) is 1.53. The number of rotatable bonds is 5. The fourth-order valence-electron chi connectivity index (χ4n) is 1.53. The summed E-state index contributed by atoms with van der Waals surface area (Å²) >= 11 is 0. The van der Waals surface area contributed by atoms with Gasteiger partial charge in [-0.2, -0.15) is 0 Å². The Bertz CT molecular complexity index is 468. The lowest BCUT2D eigenvalue weighted by Gasteiger charge is -2.20. The maximum Gasteiger partial charge on any atom is 0.355 e. The molecule has 0 spiro atoms. The SMILES string of the molecule is CC(=O)NC1=C[C@@H]([C@@H](COC(C)=O)OC(C)=O)OC1=O. The van der Waals surface area contributed by atoms with Crippen LogP contribution in [-0.2, 0) is 33.4 Å². The van der Waals surface area contributed by atoms with Gasteiger partial charge in [-0.1, -0.05) is 0 Å². The van der Waals surface area contributed by atoms with Crippen LogP contribution < -0.4 is 5.32 Å². The molecule has 0 aromatic rings. The maximum absolute atomic E-state index is 11.5. The van der Waals surface area contributed by atoms with Gasteiger partial charge in [-0.05, 0) is 6.08 Å². The molecule has 1 rings (SSSR count). The average molecular weight is 285 g/mol. The zero-order valence-electron chi connectivity index (χ0n) is 11.3. The topological polar surface area (TPSA) is 108 Å². The van der Waals surface area contributed by atoms with Crippen molar-refractivity contribution in [1.29, 1.82) is 0 Å². The van der Waals surface area contributed by atoms with Gasteiger partial charge in [-0.3, -0.25) is 14.4 Å². The van der Waals surface area contributed by atoms with E-state index in [2.05, 4.69) is 5.32 Å². The first kappa shape index (κ1) is 15.7. The van der Waals surface area contributed by atoms with Gasteiger partial charge in [0.05, 0.1) is 0 Å². The minimum absolute atomic E-state index is 0.0394. The third-order valence-corrected chi connectivity index (χ3v) is 2.24. The number of esters is 3. The monoisotopic (exact) mass is 285 g/mol. The predicted octanol–water partition coefficient (Wildman–Crippen LogP) is -0.573. The molecule has 0 aromatic heterocycles. The van der Waals surface area contributed by atoms with Gasteiger partial charge in [0.15, 0.2) is 12.2 Å². The van der Waals surface area contributed by atoms with E-state index in [0.29, 0.717) is 0 Å². The standard InChI is InChI=1S/C12H15NO7/c1-6(14)13-9-4-10(20-12(9)17)11(19-8(3)16)5-18-7(2)15/h4,10-11H,5H2,1-3H3,(H,13,14)/t10-,11+/m0/s1. The summed E-state index contributed by atoms with van der Waals surface area (Å²) in [5.74, 6) is -2.35. The molecule has 0 saturated heterocycles. The second-order valence-electron chi connectivity index (χ2n) is 4.08. The van der Waals surface area contributed by atoms with E-state index >= 15 is 0 Å². The molecule has 0 saturated carbocycles.